The summed E-state index contributed by atoms with van der Waals surface area (Å²) in [7, 11) is -2.80. The highest BCUT2D eigenvalue weighted by molar-refractivity contribution is 7.92. The summed E-state index contributed by atoms with van der Waals surface area (Å²) in [4.78, 5) is 0. The van der Waals surface area contributed by atoms with Crippen molar-refractivity contribution in [2.75, 3.05) is 18.8 Å². The molecule has 0 heterocycles. The molecule has 1 saturated carbocycles. The molecule has 3 nitrogen and oxygen atoms in total. The summed E-state index contributed by atoms with van der Waals surface area (Å²) >= 11 is 0. The molecule has 0 bridgehead atoms. The van der Waals surface area contributed by atoms with Crippen LogP contribution in [0.4, 0.5) is 0 Å². The van der Waals surface area contributed by atoms with Gasteiger partial charge in [-0.3, -0.25) is 0 Å². The standard InChI is InChI=1S/C12H25NO2S/c1-11(2)10-13-8-5-9-16(14,15)12-6-3-4-7-12/h11-13H,3-10H2,1-2H3. The van der Waals surface area contributed by atoms with Crippen molar-refractivity contribution < 1.29 is 8.42 Å². The molecule has 0 radical (unpaired) electrons. The molecule has 0 amide bonds. The van der Waals surface area contributed by atoms with Gasteiger partial charge in [0, 0.05) is 0 Å². The molecular formula is C12H25NO2S. The van der Waals surface area contributed by atoms with Crippen LogP contribution in [-0.2, 0) is 9.84 Å². The molecule has 0 saturated heterocycles. The van der Waals surface area contributed by atoms with Crippen LogP contribution in [0.2, 0.25) is 0 Å². The summed E-state index contributed by atoms with van der Waals surface area (Å²) in [6.45, 7) is 6.11. The number of hydrogen-bond acceptors (Lipinski definition) is 3. The van der Waals surface area contributed by atoms with Crippen molar-refractivity contribution in [1.82, 2.24) is 5.32 Å². The number of rotatable bonds is 7. The molecule has 0 aromatic heterocycles. The van der Waals surface area contributed by atoms with Gasteiger partial charge in [-0.1, -0.05) is 26.7 Å². The van der Waals surface area contributed by atoms with Crippen LogP contribution in [0.1, 0.15) is 46.0 Å². The summed E-state index contributed by atoms with van der Waals surface area (Å²) in [5, 5.41) is 3.25. The number of hydrogen-bond donors (Lipinski definition) is 1. The number of nitrogens with one attached hydrogen (secondary N) is 1. The first-order chi connectivity index (χ1) is 7.52. The lowest BCUT2D eigenvalue weighted by atomic mass is 10.2. The first kappa shape index (κ1) is 14.0. The third-order valence-corrected chi connectivity index (χ3v) is 5.49. The van der Waals surface area contributed by atoms with E-state index in [-0.39, 0.29) is 5.25 Å². The van der Waals surface area contributed by atoms with Gasteiger partial charge in [0.2, 0.25) is 0 Å². The average Bonchev–Trinajstić information content (AvgIpc) is 2.69. The summed E-state index contributed by atoms with van der Waals surface area (Å²) in [6, 6.07) is 0. The monoisotopic (exact) mass is 247 g/mol. The van der Waals surface area contributed by atoms with Gasteiger partial charge in [-0.2, -0.15) is 0 Å². The summed E-state index contributed by atoms with van der Waals surface area (Å²) < 4.78 is 23.8. The molecule has 4 heteroatoms. The molecule has 1 rings (SSSR count). The predicted octanol–water partition coefficient (Wildman–Crippen LogP) is 1.98. The zero-order valence-electron chi connectivity index (χ0n) is 10.5. The maximum absolute atomic E-state index is 11.9. The van der Waals surface area contributed by atoms with Crippen LogP contribution in [0.3, 0.4) is 0 Å². The minimum Gasteiger partial charge on any atom is -0.316 e. The second-order valence-electron chi connectivity index (χ2n) is 5.22. The molecule has 16 heavy (non-hydrogen) atoms. The van der Waals surface area contributed by atoms with Crippen LogP contribution >= 0.6 is 0 Å². The van der Waals surface area contributed by atoms with Gasteiger partial charge in [-0.15, -0.1) is 0 Å². The van der Waals surface area contributed by atoms with Crippen molar-refractivity contribution in [2.45, 2.75) is 51.2 Å². The summed E-state index contributed by atoms with van der Waals surface area (Å²) in [5.74, 6) is 0.995. The Hall–Kier alpha value is -0.0900. The molecular weight excluding hydrogens is 222 g/mol. The Bertz CT molecular complexity index is 279. The second kappa shape index (κ2) is 6.60. The van der Waals surface area contributed by atoms with E-state index in [2.05, 4.69) is 19.2 Å². The minimum atomic E-state index is -2.80. The van der Waals surface area contributed by atoms with Gasteiger partial charge < -0.3 is 5.32 Å². The van der Waals surface area contributed by atoms with Crippen molar-refractivity contribution >= 4 is 9.84 Å². The summed E-state index contributed by atoms with van der Waals surface area (Å²) in [5.41, 5.74) is 0. The highest BCUT2D eigenvalue weighted by atomic mass is 32.2. The average molecular weight is 247 g/mol. The van der Waals surface area contributed by atoms with Crippen LogP contribution < -0.4 is 5.32 Å². The van der Waals surface area contributed by atoms with Crippen molar-refractivity contribution in [1.29, 1.82) is 0 Å². The Morgan fingerprint density at radius 3 is 2.44 bits per heavy atom. The van der Waals surface area contributed by atoms with Gasteiger partial charge in [0.1, 0.15) is 0 Å². The van der Waals surface area contributed by atoms with Crippen molar-refractivity contribution in [3.05, 3.63) is 0 Å². The largest absolute Gasteiger partial charge is 0.316 e. The fourth-order valence-electron chi connectivity index (χ4n) is 2.20. The van der Waals surface area contributed by atoms with E-state index < -0.39 is 9.84 Å². The number of sulfone groups is 1. The van der Waals surface area contributed by atoms with E-state index in [1.807, 2.05) is 0 Å². The van der Waals surface area contributed by atoms with E-state index in [4.69, 9.17) is 0 Å². The van der Waals surface area contributed by atoms with Gasteiger partial charge in [0.25, 0.3) is 0 Å². The zero-order valence-corrected chi connectivity index (χ0v) is 11.4. The van der Waals surface area contributed by atoms with E-state index in [0.717, 1.165) is 45.2 Å². The molecule has 1 aliphatic rings. The molecule has 1 fully saturated rings. The molecule has 1 aliphatic carbocycles. The lowest BCUT2D eigenvalue weighted by Gasteiger charge is -2.11. The van der Waals surface area contributed by atoms with Gasteiger partial charge in [-0.05, 0) is 38.3 Å². The maximum Gasteiger partial charge on any atom is 0.153 e. The van der Waals surface area contributed by atoms with Crippen LogP contribution in [0.15, 0.2) is 0 Å². The smallest absolute Gasteiger partial charge is 0.153 e. The highest BCUT2D eigenvalue weighted by Crippen LogP contribution is 2.25. The fraction of sp³-hybridized carbons (Fsp3) is 1.00. The Kier molecular flexibility index (Phi) is 5.76. The SMILES string of the molecule is CC(C)CNCCCS(=O)(=O)C1CCCC1. The Balaban J connectivity index is 2.16. The first-order valence-electron chi connectivity index (χ1n) is 6.44. The predicted molar refractivity (Wildman–Crippen MR) is 68.4 cm³/mol. The quantitative estimate of drug-likeness (QED) is 0.700. The highest BCUT2D eigenvalue weighted by Gasteiger charge is 2.27. The molecule has 0 unspecified atom stereocenters. The fourth-order valence-corrected chi connectivity index (χ4v) is 4.13. The molecule has 0 aromatic rings. The topological polar surface area (TPSA) is 46.2 Å². The van der Waals surface area contributed by atoms with Crippen LogP contribution in [0.5, 0.6) is 0 Å². The lowest BCUT2D eigenvalue weighted by molar-refractivity contribution is 0.544. The first-order valence-corrected chi connectivity index (χ1v) is 8.16. The molecule has 0 spiro atoms. The second-order valence-corrected chi connectivity index (χ2v) is 7.63. The normalized spacial score (nSPS) is 18.4. The summed E-state index contributed by atoms with van der Waals surface area (Å²) in [6.07, 6.45) is 4.72. The third-order valence-electron chi connectivity index (χ3n) is 3.15. The molecule has 0 atom stereocenters. The lowest BCUT2D eigenvalue weighted by Crippen LogP contribution is -2.26. The van der Waals surface area contributed by atoms with Gasteiger partial charge in [-0.25, -0.2) is 8.42 Å². The Morgan fingerprint density at radius 2 is 1.88 bits per heavy atom. The van der Waals surface area contributed by atoms with Crippen molar-refractivity contribution in [2.24, 2.45) is 5.92 Å². The molecule has 1 N–H and O–H groups in total. The molecule has 0 aromatic carbocycles. The van der Waals surface area contributed by atoms with Gasteiger partial charge in [0.15, 0.2) is 9.84 Å². The van der Waals surface area contributed by atoms with E-state index in [9.17, 15) is 8.42 Å². The third kappa shape index (κ3) is 4.83. The Labute approximate surface area is 99.9 Å². The van der Waals surface area contributed by atoms with E-state index >= 15 is 0 Å². The van der Waals surface area contributed by atoms with E-state index in [1.54, 1.807) is 0 Å². The molecule has 96 valence electrons. The van der Waals surface area contributed by atoms with Gasteiger partial charge >= 0.3 is 0 Å². The van der Waals surface area contributed by atoms with Crippen LogP contribution in [0, 0.1) is 5.92 Å². The van der Waals surface area contributed by atoms with Crippen LogP contribution in [-0.4, -0.2) is 32.5 Å². The van der Waals surface area contributed by atoms with Gasteiger partial charge in [0.05, 0.1) is 11.0 Å². The Morgan fingerprint density at radius 1 is 1.25 bits per heavy atom. The van der Waals surface area contributed by atoms with E-state index in [0.29, 0.717) is 11.7 Å². The van der Waals surface area contributed by atoms with Crippen molar-refractivity contribution in [3.63, 3.8) is 0 Å². The molecule has 0 aliphatic heterocycles. The van der Waals surface area contributed by atoms with Crippen molar-refractivity contribution in [3.8, 4) is 0 Å². The van der Waals surface area contributed by atoms with E-state index in [1.165, 1.54) is 0 Å². The zero-order chi connectivity index (χ0) is 12.0. The maximum atomic E-state index is 11.9. The minimum absolute atomic E-state index is 0.0300. The van der Waals surface area contributed by atoms with Crippen LogP contribution in [0.25, 0.3) is 0 Å².